The van der Waals surface area contributed by atoms with Crippen molar-refractivity contribution in [3.05, 3.63) is 35.9 Å². The van der Waals surface area contributed by atoms with Crippen LogP contribution in [-0.4, -0.2) is 79.0 Å². The minimum Gasteiger partial charge on any atom is -0.494 e. The lowest BCUT2D eigenvalue weighted by Gasteiger charge is -2.27. The van der Waals surface area contributed by atoms with E-state index in [2.05, 4.69) is 15.2 Å². The van der Waals surface area contributed by atoms with Crippen molar-refractivity contribution >= 4 is 38.8 Å². The first-order valence-corrected chi connectivity index (χ1v) is 16.1. The van der Waals surface area contributed by atoms with Crippen LogP contribution in [0.25, 0.3) is 33.6 Å². The predicted octanol–water partition coefficient (Wildman–Crippen LogP) is 3.42. The molecule has 2 saturated carbocycles. The minimum absolute atomic E-state index is 0.0299. The van der Waals surface area contributed by atoms with Crippen molar-refractivity contribution in [3.8, 4) is 23.1 Å². The molecule has 3 fully saturated rings. The fourth-order valence-corrected chi connectivity index (χ4v) is 7.18. The molecule has 1 amide bonds. The number of benzene rings is 1. The van der Waals surface area contributed by atoms with Crippen LogP contribution >= 0.6 is 0 Å². The number of likely N-dealkylation sites (tertiary alicyclic amines) is 1. The monoisotopic (exact) mass is 576 g/mol. The molecule has 4 heterocycles. The molecular weight excluding hydrogens is 540 g/mol. The number of hydrogen-bond donors (Lipinski definition) is 1. The Morgan fingerprint density at radius 3 is 2.56 bits per heavy atom. The lowest BCUT2D eigenvalue weighted by Crippen LogP contribution is -2.41. The lowest BCUT2D eigenvalue weighted by atomic mass is 10.1. The van der Waals surface area contributed by atoms with Gasteiger partial charge in [0.15, 0.2) is 5.82 Å². The second-order valence-electron chi connectivity index (χ2n) is 11.7. The van der Waals surface area contributed by atoms with Gasteiger partial charge in [0.2, 0.25) is 5.88 Å². The molecule has 2 bridgehead atoms. The Bertz CT molecular complexity index is 1690. The van der Waals surface area contributed by atoms with Crippen LogP contribution in [0.3, 0.4) is 0 Å². The second kappa shape index (κ2) is 10.1. The van der Waals surface area contributed by atoms with E-state index in [9.17, 15) is 9.00 Å². The van der Waals surface area contributed by atoms with Crippen LogP contribution in [0.4, 0.5) is 0 Å². The highest BCUT2D eigenvalue weighted by atomic mass is 32.2. The van der Waals surface area contributed by atoms with Crippen molar-refractivity contribution in [1.82, 2.24) is 24.0 Å². The normalized spacial score (nSPS) is 22.6. The minimum atomic E-state index is -1.01. The Hall–Kier alpha value is -3.44. The fraction of sp³-hybridized carbons (Fsp3) is 0.500. The van der Waals surface area contributed by atoms with Gasteiger partial charge in [-0.15, -0.1) is 0 Å². The molecule has 11 heteroatoms. The van der Waals surface area contributed by atoms with E-state index in [1.54, 1.807) is 20.5 Å². The number of hydrogen-bond acceptors (Lipinski definition) is 7. The number of methoxy groups -OCH3 is 2. The fourth-order valence-electron chi connectivity index (χ4n) is 6.74. The largest absolute Gasteiger partial charge is 0.494 e. The van der Waals surface area contributed by atoms with Crippen molar-refractivity contribution in [2.24, 2.45) is 17.6 Å². The number of nitrogens with zero attached hydrogens (tertiary/aromatic N) is 5. The summed E-state index contributed by atoms with van der Waals surface area (Å²) in [6.07, 6.45) is 6.13. The summed E-state index contributed by atoms with van der Waals surface area (Å²) < 4.78 is 27.9. The van der Waals surface area contributed by atoms with E-state index in [4.69, 9.17) is 25.2 Å². The van der Waals surface area contributed by atoms with Crippen LogP contribution in [0.15, 0.2) is 30.3 Å². The first-order valence-electron chi connectivity index (χ1n) is 14.4. The van der Waals surface area contributed by atoms with Gasteiger partial charge in [-0.3, -0.25) is 9.00 Å². The molecule has 10 nitrogen and oxygen atoms in total. The molecule has 216 valence electrons. The molecule has 1 aromatic carbocycles. The third kappa shape index (κ3) is 4.50. The molecule has 3 aliphatic rings. The van der Waals surface area contributed by atoms with Crippen molar-refractivity contribution in [2.75, 3.05) is 32.8 Å². The quantitative estimate of drug-likeness (QED) is 0.324. The number of aromatic nitrogens is 4. The van der Waals surface area contributed by atoms with Gasteiger partial charge in [0.05, 0.1) is 25.4 Å². The number of nitrogens with two attached hydrogens (primary N) is 1. The zero-order valence-electron chi connectivity index (χ0n) is 23.7. The van der Waals surface area contributed by atoms with Crippen LogP contribution in [0.5, 0.6) is 11.6 Å². The number of rotatable bonds is 9. The lowest BCUT2D eigenvalue weighted by molar-refractivity contribution is 0.0700. The Balaban J connectivity index is 1.39. The molecule has 4 aromatic rings. The summed E-state index contributed by atoms with van der Waals surface area (Å²) in [6.45, 7) is 2.02. The van der Waals surface area contributed by atoms with E-state index >= 15 is 0 Å². The first-order chi connectivity index (χ1) is 19.9. The van der Waals surface area contributed by atoms with Crippen molar-refractivity contribution < 1.29 is 18.5 Å². The van der Waals surface area contributed by atoms with Crippen LogP contribution in [-0.2, 0) is 23.9 Å². The molecule has 0 spiro atoms. The average Bonchev–Trinajstić information content (AvgIpc) is 3.33. The summed E-state index contributed by atoms with van der Waals surface area (Å²) in [7, 11) is 2.24. The summed E-state index contributed by atoms with van der Waals surface area (Å²) in [4.78, 5) is 25.6. The topological polar surface area (TPSA) is 118 Å². The highest BCUT2D eigenvalue weighted by Gasteiger charge is 2.47. The Morgan fingerprint density at radius 1 is 1.07 bits per heavy atom. The number of imidazole rings is 1. The van der Waals surface area contributed by atoms with Gasteiger partial charge >= 0.3 is 0 Å². The first kappa shape index (κ1) is 26.5. The number of carbonyl (C=O) groups is 1. The summed E-state index contributed by atoms with van der Waals surface area (Å²) in [6, 6.07) is 9.83. The van der Waals surface area contributed by atoms with E-state index in [0.717, 1.165) is 47.5 Å². The molecule has 2 N–H and O–H groups in total. The van der Waals surface area contributed by atoms with Crippen LogP contribution in [0, 0.1) is 11.8 Å². The number of amides is 1. The van der Waals surface area contributed by atoms with E-state index in [-0.39, 0.29) is 18.0 Å². The van der Waals surface area contributed by atoms with Crippen molar-refractivity contribution in [3.63, 3.8) is 0 Å². The van der Waals surface area contributed by atoms with Gasteiger partial charge in [-0.2, -0.15) is 4.98 Å². The van der Waals surface area contributed by atoms with Gasteiger partial charge in [0, 0.05) is 71.5 Å². The summed E-state index contributed by atoms with van der Waals surface area (Å²) >= 11 is 0. The van der Waals surface area contributed by atoms with Crippen molar-refractivity contribution in [2.45, 2.75) is 50.9 Å². The zero-order valence-corrected chi connectivity index (χ0v) is 24.5. The predicted molar refractivity (Wildman–Crippen MR) is 159 cm³/mol. The van der Waals surface area contributed by atoms with Gasteiger partial charge in [-0.1, -0.05) is 0 Å². The molecule has 4 atom stereocenters. The zero-order chi connectivity index (χ0) is 28.4. The highest BCUT2D eigenvalue weighted by molar-refractivity contribution is 7.84. The Kier molecular flexibility index (Phi) is 6.54. The molecule has 0 radical (unpaired) electrons. The van der Waals surface area contributed by atoms with E-state index in [1.165, 1.54) is 12.8 Å². The van der Waals surface area contributed by atoms with Gasteiger partial charge in [-0.25, -0.2) is 4.98 Å². The van der Waals surface area contributed by atoms with Crippen molar-refractivity contribution in [1.29, 1.82) is 0 Å². The number of aryl methyl sites for hydroxylation is 1. The number of piperidine rings is 1. The second-order valence-corrected chi connectivity index (χ2v) is 13.3. The number of carbonyl (C=O) groups excluding carboxylic acids is 1. The number of ether oxygens (including phenoxy) is 2. The van der Waals surface area contributed by atoms with Crippen LogP contribution < -0.4 is 15.2 Å². The van der Waals surface area contributed by atoms with Crippen LogP contribution in [0.1, 0.15) is 36.0 Å². The SMILES string of the molecule is COc1ccc2cc(-c3nc4cc(C(=O)N5C[C@H]6CCC5C6N)cc(OC)c4n3CCS(C)=O)n(CC3CC3)c2n1. The Labute approximate surface area is 241 Å². The van der Waals surface area contributed by atoms with Gasteiger partial charge in [0.25, 0.3) is 5.91 Å². The molecule has 1 saturated heterocycles. The molecule has 7 rings (SSSR count). The summed E-state index contributed by atoms with van der Waals surface area (Å²) in [5.41, 5.74) is 10.2. The molecule has 2 aliphatic carbocycles. The average molecular weight is 577 g/mol. The number of fused-ring (bicyclic) bond motifs is 4. The maximum atomic E-state index is 13.7. The number of pyridine rings is 1. The molecular formula is C30H36N6O4S. The molecule has 3 aromatic heterocycles. The maximum absolute atomic E-state index is 13.7. The maximum Gasteiger partial charge on any atom is 0.254 e. The summed E-state index contributed by atoms with van der Waals surface area (Å²) in [5.74, 6) is 3.28. The van der Waals surface area contributed by atoms with Crippen LogP contribution in [0.2, 0.25) is 0 Å². The van der Waals surface area contributed by atoms with E-state index < -0.39 is 10.8 Å². The smallest absolute Gasteiger partial charge is 0.254 e. The highest BCUT2D eigenvalue weighted by Crippen LogP contribution is 2.40. The summed E-state index contributed by atoms with van der Waals surface area (Å²) in [5, 5.41) is 1.00. The molecule has 1 aliphatic heterocycles. The van der Waals surface area contributed by atoms with Gasteiger partial charge < -0.3 is 29.2 Å². The standard InChI is InChI=1S/C30H36N6O4S/c1-39-24-14-20(30(37)36-16-19-6-8-22(36)26(19)31)12-21-27(24)34(10-11-41(3)38)29(32-21)23-13-18-7-9-25(40-2)33-28(18)35(23)15-17-4-5-17/h7,9,12-14,17,19,22,26H,4-6,8,10-11,15-16,31H2,1-3H3/t19-,22?,26?,41?/m1/s1. The Morgan fingerprint density at radius 2 is 1.90 bits per heavy atom. The van der Waals surface area contributed by atoms with Gasteiger partial charge in [-0.05, 0) is 61.8 Å². The van der Waals surface area contributed by atoms with Gasteiger partial charge in [0.1, 0.15) is 16.9 Å². The third-order valence-corrected chi connectivity index (χ3v) is 9.84. The molecule has 41 heavy (non-hydrogen) atoms. The van der Waals surface area contributed by atoms with E-state index in [1.807, 2.05) is 29.2 Å². The third-order valence-electron chi connectivity index (χ3n) is 9.08. The van der Waals surface area contributed by atoms with E-state index in [0.29, 0.717) is 53.4 Å². The molecule has 3 unspecified atom stereocenters.